The SMILES string of the molecule is CN(C)C(=O)COc1cc2cc(N)cc3c2n(c1=O)CCO3. The molecule has 7 heteroatoms. The molecule has 116 valence electrons. The molecule has 0 bridgehead atoms. The molecule has 2 aromatic rings. The quantitative estimate of drug-likeness (QED) is 0.832. The van der Waals surface area contributed by atoms with E-state index in [2.05, 4.69) is 0 Å². The minimum Gasteiger partial charge on any atom is -0.489 e. The molecule has 0 radical (unpaired) electrons. The van der Waals surface area contributed by atoms with E-state index in [0.29, 0.717) is 30.1 Å². The molecule has 22 heavy (non-hydrogen) atoms. The second kappa shape index (κ2) is 5.25. The molecule has 0 saturated heterocycles. The van der Waals surface area contributed by atoms with Crippen LogP contribution in [-0.4, -0.2) is 42.7 Å². The number of likely N-dealkylation sites (N-methyl/N-ethyl adjacent to an activating group) is 1. The number of carbonyl (C=O) groups excluding carboxylic acids is 1. The lowest BCUT2D eigenvalue weighted by Crippen LogP contribution is -2.31. The zero-order valence-electron chi connectivity index (χ0n) is 12.5. The van der Waals surface area contributed by atoms with Crippen molar-refractivity contribution in [1.82, 2.24) is 9.47 Å². The van der Waals surface area contributed by atoms with Crippen molar-refractivity contribution in [2.75, 3.05) is 33.0 Å². The first kappa shape index (κ1) is 14.2. The molecule has 2 N–H and O–H groups in total. The van der Waals surface area contributed by atoms with E-state index >= 15 is 0 Å². The van der Waals surface area contributed by atoms with Gasteiger partial charge in [-0.25, -0.2) is 0 Å². The molecule has 0 fully saturated rings. The summed E-state index contributed by atoms with van der Waals surface area (Å²) in [6.07, 6.45) is 0. The van der Waals surface area contributed by atoms with Gasteiger partial charge in [-0.3, -0.25) is 14.2 Å². The summed E-state index contributed by atoms with van der Waals surface area (Å²) in [6, 6.07) is 5.06. The molecular weight excluding hydrogens is 286 g/mol. The highest BCUT2D eigenvalue weighted by Crippen LogP contribution is 2.31. The molecule has 0 saturated carbocycles. The molecular formula is C15H17N3O4. The van der Waals surface area contributed by atoms with Gasteiger partial charge in [-0.05, 0) is 12.1 Å². The first-order valence-electron chi connectivity index (χ1n) is 6.90. The number of carbonyl (C=O) groups is 1. The third-order valence-electron chi connectivity index (χ3n) is 3.56. The summed E-state index contributed by atoms with van der Waals surface area (Å²) in [4.78, 5) is 25.5. The number of nitrogens with zero attached hydrogens (tertiary/aromatic N) is 2. The summed E-state index contributed by atoms with van der Waals surface area (Å²) in [7, 11) is 3.26. The minimum absolute atomic E-state index is 0.140. The Morgan fingerprint density at radius 2 is 2.18 bits per heavy atom. The molecule has 0 spiro atoms. The second-order valence-electron chi connectivity index (χ2n) is 5.35. The Labute approximate surface area is 126 Å². The van der Waals surface area contributed by atoms with Crippen LogP contribution in [0.5, 0.6) is 11.5 Å². The van der Waals surface area contributed by atoms with E-state index < -0.39 is 0 Å². The molecule has 2 heterocycles. The van der Waals surface area contributed by atoms with Gasteiger partial charge in [0.15, 0.2) is 12.4 Å². The fourth-order valence-corrected chi connectivity index (χ4v) is 2.43. The van der Waals surface area contributed by atoms with Gasteiger partial charge in [0.1, 0.15) is 12.4 Å². The highest BCUT2D eigenvalue weighted by Gasteiger charge is 2.19. The number of hydrogen-bond donors (Lipinski definition) is 1. The van der Waals surface area contributed by atoms with Gasteiger partial charge in [-0.15, -0.1) is 0 Å². The number of amides is 1. The lowest BCUT2D eigenvalue weighted by Gasteiger charge is -2.21. The molecule has 1 aromatic heterocycles. The predicted molar refractivity (Wildman–Crippen MR) is 82.3 cm³/mol. The second-order valence-corrected chi connectivity index (χ2v) is 5.35. The Morgan fingerprint density at radius 1 is 1.41 bits per heavy atom. The van der Waals surface area contributed by atoms with Crippen LogP contribution in [0.2, 0.25) is 0 Å². The monoisotopic (exact) mass is 303 g/mol. The predicted octanol–water partition coefficient (Wildman–Crippen LogP) is 0.443. The van der Waals surface area contributed by atoms with Gasteiger partial charge in [0.2, 0.25) is 0 Å². The van der Waals surface area contributed by atoms with E-state index in [1.165, 1.54) is 4.90 Å². The minimum atomic E-state index is -0.270. The van der Waals surface area contributed by atoms with Crippen LogP contribution in [0.15, 0.2) is 23.0 Å². The number of nitrogen functional groups attached to an aromatic ring is 1. The molecule has 7 nitrogen and oxygen atoms in total. The van der Waals surface area contributed by atoms with Crippen molar-refractivity contribution in [1.29, 1.82) is 0 Å². The molecule has 1 aliphatic heterocycles. The van der Waals surface area contributed by atoms with Gasteiger partial charge in [0.25, 0.3) is 11.5 Å². The average Bonchev–Trinajstić information content (AvgIpc) is 2.48. The summed E-state index contributed by atoms with van der Waals surface area (Å²) >= 11 is 0. The van der Waals surface area contributed by atoms with Gasteiger partial charge in [-0.2, -0.15) is 0 Å². The molecule has 0 aliphatic carbocycles. The van der Waals surface area contributed by atoms with Crippen LogP contribution >= 0.6 is 0 Å². The number of ether oxygens (including phenoxy) is 2. The lowest BCUT2D eigenvalue weighted by atomic mass is 10.1. The summed E-state index contributed by atoms with van der Waals surface area (Å²) < 4.78 is 12.6. The van der Waals surface area contributed by atoms with E-state index in [1.54, 1.807) is 36.9 Å². The van der Waals surface area contributed by atoms with Crippen molar-refractivity contribution in [3.8, 4) is 11.5 Å². The highest BCUT2D eigenvalue weighted by molar-refractivity contribution is 5.89. The van der Waals surface area contributed by atoms with Crippen LogP contribution in [0, 0.1) is 0 Å². The maximum atomic E-state index is 12.5. The van der Waals surface area contributed by atoms with Gasteiger partial charge in [0, 0.05) is 31.2 Å². The molecule has 0 unspecified atom stereocenters. The van der Waals surface area contributed by atoms with E-state index in [0.717, 1.165) is 5.39 Å². The van der Waals surface area contributed by atoms with Crippen LogP contribution in [0.3, 0.4) is 0 Å². The number of pyridine rings is 1. The first-order chi connectivity index (χ1) is 10.5. The molecule has 3 rings (SSSR count). The van der Waals surface area contributed by atoms with Gasteiger partial charge in [-0.1, -0.05) is 0 Å². The largest absolute Gasteiger partial charge is 0.489 e. The molecule has 0 atom stereocenters. The van der Waals surface area contributed by atoms with E-state index in [4.69, 9.17) is 15.2 Å². The number of rotatable bonds is 3. The van der Waals surface area contributed by atoms with Crippen molar-refractivity contribution in [2.45, 2.75) is 6.54 Å². The molecule has 1 aliphatic rings. The van der Waals surface area contributed by atoms with Crippen LogP contribution in [0.4, 0.5) is 5.69 Å². The number of nitrogens with two attached hydrogens (primary N) is 1. The zero-order valence-corrected chi connectivity index (χ0v) is 12.5. The van der Waals surface area contributed by atoms with Crippen LogP contribution in [0.25, 0.3) is 10.9 Å². The normalized spacial score (nSPS) is 12.8. The number of aromatic nitrogens is 1. The number of anilines is 1. The number of hydrogen-bond acceptors (Lipinski definition) is 5. The Hall–Kier alpha value is -2.70. The summed E-state index contributed by atoms with van der Waals surface area (Å²) in [5.74, 6) is 0.519. The van der Waals surface area contributed by atoms with Gasteiger partial charge < -0.3 is 20.1 Å². The lowest BCUT2D eigenvalue weighted by molar-refractivity contribution is -0.130. The van der Waals surface area contributed by atoms with Crippen LogP contribution in [0.1, 0.15) is 0 Å². The van der Waals surface area contributed by atoms with E-state index in [-0.39, 0.29) is 23.8 Å². The topological polar surface area (TPSA) is 86.8 Å². The molecule has 1 amide bonds. The summed E-state index contributed by atoms with van der Waals surface area (Å²) in [5, 5.41) is 0.751. The fraction of sp³-hybridized carbons (Fsp3) is 0.333. The van der Waals surface area contributed by atoms with Crippen molar-refractivity contribution >= 4 is 22.5 Å². The Morgan fingerprint density at radius 3 is 2.91 bits per heavy atom. The Balaban J connectivity index is 2.08. The van der Waals surface area contributed by atoms with Gasteiger partial charge >= 0.3 is 0 Å². The van der Waals surface area contributed by atoms with E-state index in [9.17, 15) is 9.59 Å². The van der Waals surface area contributed by atoms with Crippen molar-refractivity contribution < 1.29 is 14.3 Å². The maximum Gasteiger partial charge on any atom is 0.293 e. The van der Waals surface area contributed by atoms with Crippen molar-refractivity contribution in [2.24, 2.45) is 0 Å². The zero-order chi connectivity index (χ0) is 15.9. The van der Waals surface area contributed by atoms with Crippen molar-refractivity contribution in [3.05, 3.63) is 28.6 Å². The van der Waals surface area contributed by atoms with Crippen LogP contribution < -0.4 is 20.8 Å². The molecule has 1 aromatic carbocycles. The Bertz CT molecular complexity index is 811. The average molecular weight is 303 g/mol. The van der Waals surface area contributed by atoms with Crippen molar-refractivity contribution in [3.63, 3.8) is 0 Å². The first-order valence-corrected chi connectivity index (χ1v) is 6.90. The third kappa shape index (κ3) is 2.34. The standard InChI is InChI=1S/C15H17N3O4/c1-17(2)13(19)8-22-12-6-9-5-10(16)7-11-14(9)18(15(12)20)3-4-21-11/h5-7H,3-4,8,16H2,1-2H3. The Kier molecular flexibility index (Phi) is 3.40. The fourth-order valence-electron chi connectivity index (χ4n) is 2.43. The summed E-state index contributed by atoms with van der Waals surface area (Å²) in [5.41, 5.74) is 6.84. The van der Waals surface area contributed by atoms with E-state index in [1.807, 2.05) is 0 Å². The smallest absolute Gasteiger partial charge is 0.293 e. The maximum absolute atomic E-state index is 12.5. The van der Waals surface area contributed by atoms with Gasteiger partial charge in [0.05, 0.1) is 12.1 Å². The summed E-state index contributed by atoms with van der Waals surface area (Å²) in [6.45, 7) is 0.649. The van der Waals surface area contributed by atoms with Crippen LogP contribution in [-0.2, 0) is 11.3 Å². The number of benzene rings is 1. The third-order valence-corrected chi connectivity index (χ3v) is 3.56. The highest BCUT2D eigenvalue weighted by atomic mass is 16.5.